The summed E-state index contributed by atoms with van der Waals surface area (Å²) in [5.74, 6) is 0.345. The summed E-state index contributed by atoms with van der Waals surface area (Å²) in [5, 5.41) is 12.0. The van der Waals surface area contributed by atoms with Crippen molar-refractivity contribution in [3.63, 3.8) is 0 Å². The normalized spacial score (nSPS) is 27.1. The van der Waals surface area contributed by atoms with Crippen molar-refractivity contribution in [1.29, 1.82) is 0 Å². The van der Waals surface area contributed by atoms with E-state index in [0.717, 1.165) is 18.8 Å². The van der Waals surface area contributed by atoms with Crippen molar-refractivity contribution in [3.8, 4) is 0 Å². The SMILES string of the molecule is CN[C@H](C(=O)O)[C@H]1CC[C@H](C(C)(C)C)CC1.Cl. The van der Waals surface area contributed by atoms with E-state index in [0.29, 0.717) is 11.3 Å². The van der Waals surface area contributed by atoms with Gasteiger partial charge in [-0.05, 0) is 50.0 Å². The number of carboxylic acid groups (broad SMARTS) is 1. The van der Waals surface area contributed by atoms with Crippen molar-refractivity contribution in [2.45, 2.75) is 52.5 Å². The van der Waals surface area contributed by atoms with Crippen molar-refractivity contribution in [2.75, 3.05) is 7.05 Å². The zero-order valence-electron chi connectivity index (χ0n) is 11.3. The van der Waals surface area contributed by atoms with Gasteiger partial charge in [-0.25, -0.2) is 0 Å². The van der Waals surface area contributed by atoms with Crippen LogP contribution in [-0.4, -0.2) is 24.2 Å². The van der Waals surface area contributed by atoms with Crippen molar-refractivity contribution < 1.29 is 9.90 Å². The number of nitrogens with one attached hydrogen (secondary N) is 1. The summed E-state index contributed by atoms with van der Waals surface area (Å²) in [4.78, 5) is 11.0. The van der Waals surface area contributed by atoms with Gasteiger partial charge in [-0.1, -0.05) is 20.8 Å². The van der Waals surface area contributed by atoms with E-state index in [1.807, 2.05) is 0 Å². The molecule has 1 rings (SSSR count). The first-order chi connectivity index (χ1) is 7.36. The molecule has 0 aromatic carbocycles. The maximum atomic E-state index is 11.0. The second kappa shape index (κ2) is 6.60. The van der Waals surface area contributed by atoms with Crippen LogP contribution < -0.4 is 5.32 Å². The molecule has 0 aromatic heterocycles. The minimum Gasteiger partial charge on any atom is -0.480 e. The van der Waals surface area contributed by atoms with Gasteiger partial charge in [0.05, 0.1) is 0 Å². The number of aliphatic carboxylic acids is 1. The lowest BCUT2D eigenvalue weighted by Crippen LogP contribution is -2.43. The Morgan fingerprint density at radius 1 is 1.24 bits per heavy atom. The molecule has 1 aliphatic carbocycles. The van der Waals surface area contributed by atoms with E-state index >= 15 is 0 Å². The lowest BCUT2D eigenvalue weighted by Gasteiger charge is -2.38. The Hall–Kier alpha value is -0.280. The summed E-state index contributed by atoms with van der Waals surface area (Å²) in [6.45, 7) is 6.85. The van der Waals surface area contributed by atoms with Crippen LogP contribution in [0, 0.1) is 17.3 Å². The van der Waals surface area contributed by atoms with E-state index in [1.165, 1.54) is 12.8 Å². The molecule has 4 heteroatoms. The molecule has 0 amide bonds. The molecule has 0 heterocycles. The van der Waals surface area contributed by atoms with Crippen LogP contribution in [0.4, 0.5) is 0 Å². The van der Waals surface area contributed by atoms with E-state index in [4.69, 9.17) is 5.11 Å². The van der Waals surface area contributed by atoms with Crippen LogP contribution in [-0.2, 0) is 4.79 Å². The fourth-order valence-corrected chi connectivity index (χ4v) is 2.88. The molecule has 1 saturated carbocycles. The third kappa shape index (κ3) is 4.47. The highest BCUT2D eigenvalue weighted by atomic mass is 35.5. The van der Waals surface area contributed by atoms with Crippen molar-refractivity contribution in [1.82, 2.24) is 5.32 Å². The summed E-state index contributed by atoms with van der Waals surface area (Å²) in [5.41, 5.74) is 0.364. The van der Waals surface area contributed by atoms with Gasteiger partial charge in [0.25, 0.3) is 0 Å². The first-order valence-electron chi connectivity index (χ1n) is 6.26. The Balaban J connectivity index is 0.00000256. The van der Waals surface area contributed by atoms with Crippen molar-refractivity contribution >= 4 is 18.4 Å². The molecule has 2 N–H and O–H groups in total. The molecule has 102 valence electrons. The van der Waals surface area contributed by atoms with Gasteiger partial charge in [0.15, 0.2) is 0 Å². The van der Waals surface area contributed by atoms with Crippen molar-refractivity contribution in [3.05, 3.63) is 0 Å². The fraction of sp³-hybridized carbons (Fsp3) is 0.923. The van der Waals surface area contributed by atoms with Crippen LogP contribution >= 0.6 is 12.4 Å². The smallest absolute Gasteiger partial charge is 0.320 e. The third-order valence-corrected chi connectivity index (χ3v) is 4.05. The summed E-state index contributed by atoms with van der Waals surface area (Å²) in [6, 6.07) is -0.360. The molecule has 3 nitrogen and oxygen atoms in total. The van der Waals surface area contributed by atoms with Crippen LogP contribution in [0.3, 0.4) is 0 Å². The molecule has 0 aliphatic heterocycles. The average Bonchev–Trinajstić information content (AvgIpc) is 2.17. The molecule has 17 heavy (non-hydrogen) atoms. The van der Waals surface area contributed by atoms with E-state index < -0.39 is 5.97 Å². The molecule has 0 unspecified atom stereocenters. The first-order valence-corrected chi connectivity index (χ1v) is 6.26. The zero-order chi connectivity index (χ0) is 12.3. The van der Waals surface area contributed by atoms with E-state index in [1.54, 1.807) is 7.05 Å². The Kier molecular flexibility index (Phi) is 6.49. The predicted molar refractivity (Wildman–Crippen MR) is 72.6 cm³/mol. The second-order valence-electron chi connectivity index (χ2n) is 6.08. The van der Waals surface area contributed by atoms with E-state index in [2.05, 4.69) is 26.1 Å². The maximum absolute atomic E-state index is 11.0. The van der Waals surface area contributed by atoms with Gasteiger partial charge in [-0.3, -0.25) is 4.79 Å². The second-order valence-corrected chi connectivity index (χ2v) is 6.08. The minimum absolute atomic E-state index is 0. The quantitative estimate of drug-likeness (QED) is 0.823. The summed E-state index contributed by atoms with van der Waals surface area (Å²) in [7, 11) is 1.74. The van der Waals surface area contributed by atoms with Gasteiger partial charge in [0.1, 0.15) is 6.04 Å². The molecular formula is C13H26ClNO2. The van der Waals surface area contributed by atoms with Crippen LogP contribution in [0.2, 0.25) is 0 Å². The topological polar surface area (TPSA) is 49.3 Å². The number of halogens is 1. The number of likely N-dealkylation sites (N-methyl/N-ethyl adjacent to an activating group) is 1. The molecule has 0 spiro atoms. The van der Waals surface area contributed by atoms with Gasteiger partial charge in [0, 0.05) is 0 Å². The molecule has 0 aromatic rings. The summed E-state index contributed by atoms with van der Waals surface area (Å²) in [6.07, 6.45) is 4.42. The third-order valence-electron chi connectivity index (χ3n) is 4.05. The zero-order valence-corrected chi connectivity index (χ0v) is 12.1. The number of rotatable bonds is 3. The number of hydrogen-bond donors (Lipinski definition) is 2. The molecule has 1 aliphatic rings. The van der Waals surface area contributed by atoms with E-state index in [9.17, 15) is 4.79 Å². The highest BCUT2D eigenvalue weighted by Gasteiger charge is 2.34. The monoisotopic (exact) mass is 263 g/mol. The minimum atomic E-state index is -0.707. The molecule has 0 radical (unpaired) electrons. The molecule has 0 bridgehead atoms. The molecule has 0 saturated heterocycles. The summed E-state index contributed by atoms with van der Waals surface area (Å²) < 4.78 is 0. The van der Waals surface area contributed by atoms with Crippen LogP contribution in [0.1, 0.15) is 46.5 Å². The Morgan fingerprint density at radius 2 is 1.71 bits per heavy atom. The molecular weight excluding hydrogens is 238 g/mol. The first kappa shape index (κ1) is 16.7. The molecule has 1 fully saturated rings. The Labute approximate surface area is 111 Å². The largest absolute Gasteiger partial charge is 0.480 e. The average molecular weight is 264 g/mol. The number of hydrogen-bond acceptors (Lipinski definition) is 2. The van der Waals surface area contributed by atoms with Gasteiger partial charge in [-0.2, -0.15) is 0 Å². The van der Waals surface area contributed by atoms with Crippen LogP contribution in [0.25, 0.3) is 0 Å². The van der Waals surface area contributed by atoms with Gasteiger partial charge in [-0.15, -0.1) is 12.4 Å². The number of carboxylic acids is 1. The number of carbonyl (C=O) groups is 1. The Morgan fingerprint density at radius 3 is 2.00 bits per heavy atom. The van der Waals surface area contributed by atoms with Gasteiger partial charge >= 0.3 is 5.97 Å². The van der Waals surface area contributed by atoms with Gasteiger partial charge < -0.3 is 10.4 Å². The fourth-order valence-electron chi connectivity index (χ4n) is 2.88. The highest BCUT2D eigenvalue weighted by molar-refractivity contribution is 5.85. The highest BCUT2D eigenvalue weighted by Crippen LogP contribution is 2.40. The standard InChI is InChI=1S/C13H25NO2.ClH/c1-13(2,3)10-7-5-9(6-8-10)11(14-4)12(15)16;/h9-11,14H,5-8H2,1-4H3,(H,15,16);1H/t9-,10-,11-;/m0./s1. The lowest BCUT2D eigenvalue weighted by molar-refractivity contribution is -0.141. The molecule has 1 atom stereocenters. The lowest BCUT2D eigenvalue weighted by atomic mass is 9.68. The summed E-state index contributed by atoms with van der Waals surface area (Å²) >= 11 is 0. The maximum Gasteiger partial charge on any atom is 0.320 e. The Bertz CT molecular complexity index is 242. The van der Waals surface area contributed by atoms with Gasteiger partial charge in [0.2, 0.25) is 0 Å². The predicted octanol–water partition coefficient (Wildman–Crippen LogP) is 2.93. The van der Waals surface area contributed by atoms with Crippen molar-refractivity contribution in [2.24, 2.45) is 17.3 Å². The van der Waals surface area contributed by atoms with Crippen LogP contribution in [0.5, 0.6) is 0 Å². The van der Waals surface area contributed by atoms with Crippen LogP contribution in [0.15, 0.2) is 0 Å². The van der Waals surface area contributed by atoms with E-state index in [-0.39, 0.29) is 18.4 Å².